The molecule has 0 aliphatic carbocycles. The lowest BCUT2D eigenvalue weighted by Crippen LogP contribution is -2.32. The number of aliphatic hydroxyl groups is 2. The molecule has 0 aromatic carbocycles. The SMILES string of the molecule is Nc1nc2c(ncn2C2OC(CO)CC2OP(=O)(O)OCC2OC(n3cnc4c(N)ncnc43)=C(O)C2OC[P+](=O)O)c(=O)[nH]1. The van der Waals surface area contributed by atoms with E-state index in [0.717, 1.165) is 6.33 Å². The lowest BCUT2D eigenvalue weighted by Gasteiger charge is -2.24. The van der Waals surface area contributed by atoms with Crippen molar-refractivity contribution in [3.63, 3.8) is 0 Å². The number of aliphatic hydroxyl groups excluding tert-OH is 2. The second-order valence-electron chi connectivity index (χ2n) is 9.71. The summed E-state index contributed by atoms with van der Waals surface area (Å²) in [6.07, 6.45) is -3.23. The molecule has 4 aromatic heterocycles. The molecule has 7 atom stereocenters. The van der Waals surface area contributed by atoms with Crippen LogP contribution in [0, 0.1) is 0 Å². The number of hydrogen-bond donors (Lipinski definition) is 7. The second-order valence-corrected chi connectivity index (χ2v) is 12.1. The van der Waals surface area contributed by atoms with Crippen LogP contribution in [0.25, 0.3) is 28.2 Å². The van der Waals surface area contributed by atoms with Crippen LogP contribution in [-0.2, 0) is 32.4 Å². The Hall–Kier alpha value is -4.11. The van der Waals surface area contributed by atoms with Crippen molar-refractivity contribution in [3.05, 3.63) is 35.1 Å². The lowest BCUT2D eigenvalue weighted by atomic mass is 10.2. The second kappa shape index (κ2) is 12.0. The Morgan fingerprint density at radius 2 is 1.96 bits per heavy atom. The van der Waals surface area contributed by atoms with E-state index in [2.05, 4.69) is 29.9 Å². The Balaban J connectivity index is 1.21. The topological polar surface area (TPSA) is 320 Å². The van der Waals surface area contributed by atoms with Crippen molar-refractivity contribution in [3.8, 4) is 0 Å². The highest BCUT2D eigenvalue weighted by Gasteiger charge is 2.45. The summed E-state index contributed by atoms with van der Waals surface area (Å²) in [6.45, 7) is -1.20. The van der Waals surface area contributed by atoms with E-state index < -0.39 is 77.4 Å². The molecule has 240 valence electrons. The van der Waals surface area contributed by atoms with Gasteiger partial charge < -0.3 is 40.8 Å². The molecule has 22 nitrogen and oxygen atoms in total. The van der Waals surface area contributed by atoms with Gasteiger partial charge in [-0.3, -0.25) is 23.4 Å². The van der Waals surface area contributed by atoms with Gasteiger partial charge in [-0.25, -0.2) is 29.1 Å². The summed E-state index contributed by atoms with van der Waals surface area (Å²) in [4.78, 5) is 54.5. The predicted octanol–water partition coefficient (Wildman–Crippen LogP) is -0.934. The summed E-state index contributed by atoms with van der Waals surface area (Å²) >= 11 is 0. The van der Waals surface area contributed by atoms with Crippen molar-refractivity contribution in [2.45, 2.75) is 37.1 Å². The van der Waals surface area contributed by atoms with Gasteiger partial charge in [-0.2, -0.15) is 9.88 Å². The third kappa shape index (κ3) is 5.98. The van der Waals surface area contributed by atoms with E-state index in [-0.39, 0.29) is 46.4 Å². The number of hydrogen-bond acceptors (Lipinski definition) is 17. The quantitative estimate of drug-likeness (QED) is 0.0946. The zero-order chi connectivity index (χ0) is 32.0. The first-order valence-corrected chi connectivity index (χ1v) is 15.8. The Morgan fingerprint density at radius 1 is 1.18 bits per heavy atom. The molecular weight excluding hydrogens is 646 g/mol. The molecule has 7 unspecified atom stereocenters. The summed E-state index contributed by atoms with van der Waals surface area (Å²) in [5.41, 5.74) is 11.1. The van der Waals surface area contributed by atoms with Gasteiger partial charge >= 0.3 is 15.9 Å². The van der Waals surface area contributed by atoms with Crippen molar-refractivity contribution in [1.29, 1.82) is 0 Å². The highest BCUT2D eigenvalue weighted by atomic mass is 31.2. The molecule has 1 saturated heterocycles. The van der Waals surface area contributed by atoms with Crippen LogP contribution < -0.4 is 17.0 Å². The van der Waals surface area contributed by atoms with Gasteiger partial charge in [0.2, 0.25) is 11.8 Å². The molecule has 0 spiro atoms. The van der Waals surface area contributed by atoms with Gasteiger partial charge in [-0.05, 0) is 4.57 Å². The van der Waals surface area contributed by atoms with Gasteiger partial charge in [0.15, 0.2) is 52.3 Å². The van der Waals surface area contributed by atoms with E-state index in [0.29, 0.717) is 0 Å². The van der Waals surface area contributed by atoms with Crippen LogP contribution in [-0.4, -0.2) is 103 Å². The minimum atomic E-state index is -4.97. The van der Waals surface area contributed by atoms with E-state index in [9.17, 15) is 33.9 Å². The number of anilines is 2. The van der Waals surface area contributed by atoms with Crippen LogP contribution in [0.1, 0.15) is 12.6 Å². The molecule has 0 radical (unpaired) electrons. The first kappa shape index (κ1) is 30.9. The smallest absolute Gasteiger partial charge is 0.505 e. The van der Waals surface area contributed by atoms with Crippen molar-refractivity contribution in [2.24, 2.45) is 0 Å². The molecule has 24 heteroatoms. The number of imidazole rings is 2. The number of fused-ring (bicyclic) bond motifs is 2. The maximum absolute atomic E-state index is 13.2. The monoisotopic (exact) mass is 671 g/mol. The predicted molar refractivity (Wildman–Crippen MR) is 149 cm³/mol. The molecular formula is C21H25N10O12P2+. The number of rotatable bonds is 11. The minimum Gasteiger partial charge on any atom is -0.505 e. The number of nitrogens with zero attached hydrogens (tertiary/aromatic N) is 7. The number of phosphoric acid groups is 1. The Labute approximate surface area is 250 Å². The highest BCUT2D eigenvalue weighted by molar-refractivity contribution is 7.47. The van der Waals surface area contributed by atoms with E-state index in [1.54, 1.807) is 0 Å². The third-order valence-corrected chi connectivity index (χ3v) is 8.16. The molecule has 6 rings (SSSR count). The van der Waals surface area contributed by atoms with Gasteiger partial charge in [0, 0.05) is 6.42 Å². The van der Waals surface area contributed by atoms with E-state index in [1.165, 1.54) is 21.8 Å². The van der Waals surface area contributed by atoms with Crippen LogP contribution in [0.4, 0.5) is 11.8 Å². The number of nitrogen functional groups attached to an aromatic ring is 2. The van der Waals surface area contributed by atoms with Crippen LogP contribution >= 0.6 is 15.9 Å². The molecule has 0 amide bonds. The number of nitrogens with two attached hydrogens (primary N) is 2. The van der Waals surface area contributed by atoms with Gasteiger partial charge in [-0.15, -0.1) is 0 Å². The number of nitrogens with one attached hydrogen (secondary N) is 1. The zero-order valence-electron chi connectivity index (χ0n) is 22.7. The zero-order valence-corrected chi connectivity index (χ0v) is 24.5. The number of phosphoric ester groups is 1. The molecule has 9 N–H and O–H groups in total. The largest absolute Gasteiger partial charge is 0.534 e. The Morgan fingerprint density at radius 3 is 2.71 bits per heavy atom. The average Bonchev–Trinajstić information content (AvgIpc) is 3.75. The number of aromatic nitrogens is 8. The molecule has 4 aromatic rings. The van der Waals surface area contributed by atoms with Crippen LogP contribution in [0.3, 0.4) is 0 Å². The molecule has 1 fully saturated rings. The Bertz CT molecular complexity index is 1910. The maximum Gasteiger partial charge on any atom is 0.534 e. The molecule has 0 bridgehead atoms. The summed E-state index contributed by atoms with van der Waals surface area (Å²) in [6, 6.07) is 0. The summed E-state index contributed by atoms with van der Waals surface area (Å²) in [5.74, 6) is -0.990. The fourth-order valence-corrected chi connectivity index (χ4v) is 6.09. The number of aromatic amines is 1. The van der Waals surface area contributed by atoms with Crippen molar-refractivity contribution in [2.75, 3.05) is 31.0 Å². The lowest BCUT2D eigenvalue weighted by molar-refractivity contribution is -0.0533. The van der Waals surface area contributed by atoms with Crippen LogP contribution in [0.5, 0.6) is 0 Å². The third-order valence-electron chi connectivity index (χ3n) is 6.78. The van der Waals surface area contributed by atoms with Gasteiger partial charge in [0.05, 0.1) is 25.6 Å². The van der Waals surface area contributed by atoms with Crippen molar-refractivity contribution >= 4 is 55.8 Å². The van der Waals surface area contributed by atoms with E-state index in [4.69, 9.17) is 34.7 Å². The normalized spacial score (nSPS) is 25.2. The first-order valence-electron chi connectivity index (χ1n) is 12.9. The summed E-state index contributed by atoms with van der Waals surface area (Å²) in [7, 11) is -7.76. The molecule has 2 aliphatic heterocycles. The van der Waals surface area contributed by atoms with Gasteiger partial charge in [-0.1, -0.05) is 0 Å². The first-order chi connectivity index (χ1) is 21.5. The molecule has 6 heterocycles. The van der Waals surface area contributed by atoms with Crippen molar-refractivity contribution in [1.82, 2.24) is 39.0 Å². The highest BCUT2D eigenvalue weighted by Crippen LogP contribution is 2.50. The fourth-order valence-electron chi connectivity index (χ4n) is 4.87. The fraction of sp³-hybridized carbons (Fsp3) is 0.429. The van der Waals surface area contributed by atoms with Crippen LogP contribution in [0.15, 0.2) is 29.5 Å². The average molecular weight is 671 g/mol. The van der Waals surface area contributed by atoms with E-state index in [1.807, 2.05) is 0 Å². The van der Waals surface area contributed by atoms with Crippen LogP contribution in [0.2, 0.25) is 0 Å². The maximum atomic E-state index is 13.2. The van der Waals surface area contributed by atoms with Crippen molar-refractivity contribution < 1.29 is 52.4 Å². The summed E-state index contributed by atoms with van der Waals surface area (Å²) < 4.78 is 54.5. The van der Waals surface area contributed by atoms with Gasteiger partial charge in [0.1, 0.15) is 18.8 Å². The standard InChI is InChI=1S/C21H24N10O12P2/c22-15-11-16(25-4-24-15)30(5-26-11)20-13(33)14(39-7-44(35)36)10(42-20)3-40-45(37,38)43-9-1-8(2-32)41-19(9)31-6-27-12-17(31)28-21(23)29-18(12)34/h4-6,8-10,14,19,32H,1-3,7H2,(H7-,22,23,24,25,28,29,33,34,35,36,37,38)/p+1. The Kier molecular flexibility index (Phi) is 8.24. The number of H-pyrrole nitrogens is 1. The molecule has 45 heavy (non-hydrogen) atoms. The van der Waals surface area contributed by atoms with E-state index >= 15 is 0 Å². The number of ether oxygens (including phenoxy) is 3. The minimum absolute atomic E-state index is 0.00294. The molecule has 0 saturated carbocycles. The van der Waals surface area contributed by atoms with Gasteiger partial charge in [0.25, 0.3) is 11.9 Å². The summed E-state index contributed by atoms with van der Waals surface area (Å²) in [5, 5.41) is 20.6. The molecule has 2 aliphatic rings.